The summed E-state index contributed by atoms with van der Waals surface area (Å²) in [6.45, 7) is 5.83. The number of hydrogen-bond donors (Lipinski definition) is 1. The molecule has 214 valence electrons. The third-order valence-electron chi connectivity index (χ3n) is 5.41. The van der Waals surface area contributed by atoms with Crippen LogP contribution in [0.1, 0.15) is 27.2 Å². The van der Waals surface area contributed by atoms with Gasteiger partial charge in [-0.3, -0.25) is 9.13 Å². The number of rotatable bonds is 16. The molecule has 39 heavy (non-hydrogen) atoms. The van der Waals surface area contributed by atoms with Crippen LogP contribution in [0.15, 0.2) is 36.7 Å². The zero-order valence-electron chi connectivity index (χ0n) is 22.3. The molecule has 1 heterocycles. The lowest BCUT2D eigenvalue weighted by molar-refractivity contribution is 0.222. The van der Waals surface area contributed by atoms with Gasteiger partial charge in [-0.15, -0.1) is 0 Å². The maximum absolute atomic E-state index is 13.6. The average Bonchev–Trinajstić information content (AvgIpc) is 2.89. The van der Waals surface area contributed by atoms with Crippen LogP contribution in [-0.4, -0.2) is 55.6 Å². The number of hydrogen-bond acceptors (Lipinski definition) is 10. The highest BCUT2D eigenvalue weighted by Gasteiger charge is 2.36. The van der Waals surface area contributed by atoms with Crippen molar-refractivity contribution in [2.75, 3.05) is 50.9 Å². The van der Waals surface area contributed by atoms with Crippen LogP contribution in [0.3, 0.4) is 0 Å². The van der Waals surface area contributed by atoms with Gasteiger partial charge >= 0.3 is 7.60 Å². The summed E-state index contributed by atoms with van der Waals surface area (Å²) < 4.78 is 67.7. The third-order valence-corrected chi connectivity index (χ3v) is 11.8. The Morgan fingerprint density at radius 3 is 2.33 bits per heavy atom. The summed E-state index contributed by atoms with van der Waals surface area (Å²) in [6.07, 6.45) is 1.87. The second-order valence-corrected chi connectivity index (χ2v) is 13.9. The third kappa shape index (κ3) is 8.61. The van der Waals surface area contributed by atoms with E-state index >= 15 is 0 Å². The fraction of sp³-hybridized carbons (Fsp3) is 0.440. The van der Waals surface area contributed by atoms with E-state index in [1.807, 2.05) is 0 Å². The molecule has 1 unspecified atom stereocenters. The Hall–Kier alpha value is -2.26. The molecule has 3 aromatic rings. The van der Waals surface area contributed by atoms with Gasteiger partial charge in [0.25, 0.3) is 0 Å². The molecule has 1 aromatic heterocycles. The van der Waals surface area contributed by atoms with Crippen molar-refractivity contribution in [2.45, 2.75) is 27.2 Å². The summed E-state index contributed by atoms with van der Waals surface area (Å²) in [7, 11) is -5.37. The highest BCUT2D eigenvalue weighted by Crippen LogP contribution is 2.63. The van der Waals surface area contributed by atoms with Crippen molar-refractivity contribution in [3.63, 3.8) is 0 Å². The molecule has 1 N–H and O–H groups in total. The highest BCUT2D eigenvalue weighted by molar-refractivity contribution is 7.73. The van der Waals surface area contributed by atoms with Crippen LogP contribution in [0.4, 0.5) is 15.9 Å². The first-order valence-corrected chi connectivity index (χ1v) is 16.5. The molecular formula is C25H33ClFN3O7P2. The van der Waals surface area contributed by atoms with Gasteiger partial charge in [-0.25, -0.2) is 14.4 Å². The summed E-state index contributed by atoms with van der Waals surface area (Å²) in [5, 5.41) is 3.73. The Morgan fingerprint density at radius 2 is 1.69 bits per heavy atom. The minimum absolute atomic E-state index is 0.0211. The Labute approximate surface area is 232 Å². The number of aromatic nitrogens is 2. The number of nitrogens with one attached hydrogen (secondary N) is 1. The lowest BCUT2D eigenvalue weighted by Gasteiger charge is -2.23. The van der Waals surface area contributed by atoms with Crippen molar-refractivity contribution in [1.29, 1.82) is 0 Å². The van der Waals surface area contributed by atoms with Crippen LogP contribution < -0.4 is 14.8 Å². The summed E-state index contributed by atoms with van der Waals surface area (Å²) in [4.78, 5) is 8.61. The van der Waals surface area contributed by atoms with Gasteiger partial charge in [0, 0.05) is 23.3 Å². The molecule has 0 aliphatic carbocycles. The number of ether oxygens (including phenoxy) is 2. The fourth-order valence-electron chi connectivity index (χ4n) is 3.82. The van der Waals surface area contributed by atoms with Gasteiger partial charge < -0.3 is 28.4 Å². The molecule has 3 rings (SSSR count). The first-order valence-electron chi connectivity index (χ1n) is 12.4. The zero-order valence-corrected chi connectivity index (χ0v) is 24.9. The van der Waals surface area contributed by atoms with E-state index in [4.69, 9.17) is 34.6 Å². The zero-order chi connectivity index (χ0) is 28.5. The number of halogens is 2. The molecule has 2 aromatic carbocycles. The normalized spacial score (nSPS) is 13.3. The lowest BCUT2D eigenvalue weighted by atomic mass is 10.2. The molecule has 0 aliphatic rings. The van der Waals surface area contributed by atoms with E-state index in [9.17, 15) is 13.5 Å². The first-order chi connectivity index (χ1) is 18.7. The number of fused-ring (bicyclic) bond motifs is 1. The van der Waals surface area contributed by atoms with E-state index in [1.54, 1.807) is 39.0 Å². The van der Waals surface area contributed by atoms with Gasteiger partial charge in [0.2, 0.25) is 7.37 Å². The molecule has 0 saturated heterocycles. The Morgan fingerprint density at radius 1 is 0.974 bits per heavy atom. The van der Waals surface area contributed by atoms with E-state index in [-0.39, 0.29) is 43.5 Å². The maximum atomic E-state index is 13.6. The van der Waals surface area contributed by atoms with E-state index in [1.165, 1.54) is 25.6 Å². The predicted octanol–water partition coefficient (Wildman–Crippen LogP) is 7.48. The monoisotopic (exact) mass is 603 g/mol. The van der Waals surface area contributed by atoms with Gasteiger partial charge in [0.1, 0.15) is 23.9 Å². The van der Waals surface area contributed by atoms with Crippen molar-refractivity contribution in [3.05, 3.63) is 47.5 Å². The number of nitrogens with zero attached hydrogens (tertiary/aromatic N) is 2. The first kappa shape index (κ1) is 31.3. The van der Waals surface area contributed by atoms with Gasteiger partial charge in [-0.05, 0) is 51.5 Å². The van der Waals surface area contributed by atoms with Gasteiger partial charge in [0.05, 0.1) is 44.1 Å². The van der Waals surface area contributed by atoms with Crippen molar-refractivity contribution < 1.29 is 36.6 Å². The largest absolute Gasteiger partial charge is 0.493 e. The maximum Gasteiger partial charge on any atom is 0.340 e. The predicted molar refractivity (Wildman–Crippen MR) is 151 cm³/mol. The number of anilines is 2. The quantitative estimate of drug-likeness (QED) is 0.130. The van der Waals surface area contributed by atoms with Crippen LogP contribution in [0, 0.1) is 5.82 Å². The molecule has 0 saturated carbocycles. The Kier molecular flexibility index (Phi) is 11.5. The smallest absolute Gasteiger partial charge is 0.340 e. The molecule has 10 nitrogen and oxygen atoms in total. The summed E-state index contributed by atoms with van der Waals surface area (Å²) in [6, 6.07) is 7.69. The highest BCUT2D eigenvalue weighted by atomic mass is 35.5. The van der Waals surface area contributed by atoms with Crippen molar-refractivity contribution in [2.24, 2.45) is 0 Å². The lowest BCUT2D eigenvalue weighted by Crippen LogP contribution is -2.08. The Balaban J connectivity index is 1.76. The van der Waals surface area contributed by atoms with Gasteiger partial charge in [0.15, 0.2) is 11.5 Å². The Bertz CT molecular complexity index is 1350. The molecule has 0 amide bonds. The van der Waals surface area contributed by atoms with E-state index < -0.39 is 20.8 Å². The van der Waals surface area contributed by atoms with E-state index in [2.05, 4.69) is 15.3 Å². The van der Waals surface area contributed by atoms with Crippen molar-refractivity contribution >= 4 is 49.0 Å². The van der Waals surface area contributed by atoms with Crippen LogP contribution in [0.2, 0.25) is 5.02 Å². The number of methoxy groups -OCH3 is 1. The standard InChI is InChI=1S/C25H33ClFN3O7P2/c1-5-35-38(31,17-39(32,36-6-2)37-7-3)12-8-11-34-24-14-19-22(15-23(24)33-4)28-16-29-25(19)30-18-9-10-21(27)20(26)13-18/h9-10,13-16H,5-8,11-12,17H2,1-4H3,(H,28,29,30). The summed E-state index contributed by atoms with van der Waals surface area (Å²) in [5.74, 6) is 0.498. The summed E-state index contributed by atoms with van der Waals surface area (Å²) >= 11 is 5.91. The minimum atomic E-state index is -3.56. The second-order valence-electron chi connectivity index (χ2n) is 8.24. The minimum Gasteiger partial charge on any atom is -0.493 e. The summed E-state index contributed by atoms with van der Waals surface area (Å²) in [5.41, 5.74) is 1.14. The fourth-order valence-corrected chi connectivity index (χ4v) is 9.73. The van der Waals surface area contributed by atoms with E-state index in [0.29, 0.717) is 40.3 Å². The van der Waals surface area contributed by atoms with Crippen LogP contribution in [-0.2, 0) is 22.7 Å². The van der Waals surface area contributed by atoms with E-state index in [0.717, 1.165) is 0 Å². The molecule has 0 aliphatic heterocycles. The molecule has 0 spiro atoms. The number of benzene rings is 2. The molecule has 0 fully saturated rings. The second kappa shape index (κ2) is 14.4. The molecule has 14 heteroatoms. The van der Waals surface area contributed by atoms with Crippen LogP contribution in [0.25, 0.3) is 10.9 Å². The molecule has 0 radical (unpaired) electrons. The van der Waals surface area contributed by atoms with Gasteiger partial charge in [-0.1, -0.05) is 11.6 Å². The SMILES string of the molecule is CCOP(=O)(CCCOc1cc2c(Nc3ccc(F)c(Cl)c3)ncnc2cc1OC)CP(=O)(OCC)OCC. The van der Waals surface area contributed by atoms with Gasteiger partial charge in [-0.2, -0.15) is 0 Å². The molecule has 0 bridgehead atoms. The van der Waals surface area contributed by atoms with Crippen LogP contribution in [0.5, 0.6) is 11.5 Å². The van der Waals surface area contributed by atoms with Crippen molar-refractivity contribution in [3.8, 4) is 11.5 Å². The average molecular weight is 604 g/mol. The molecule has 1 atom stereocenters. The van der Waals surface area contributed by atoms with Crippen molar-refractivity contribution in [1.82, 2.24) is 9.97 Å². The molecular weight excluding hydrogens is 571 g/mol. The topological polar surface area (TPSA) is 118 Å². The van der Waals surface area contributed by atoms with Crippen LogP contribution >= 0.6 is 26.6 Å².